The topological polar surface area (TPSA) is 141 Å². The first kappa shape index (κ1) is 28.4. The van der Waals surface area contributed by atoms with E-state index >= 15 is 0 Å². The van der Waals surface area contributed by atoms with E-state index in [0.29, 0.717) is 40.6 Å². The van der Waals surface area contributed by atoms with Crippen molar-refractivity contribution in [2.75, 3.05) is 34.5 Å². The highest BCUT2D eigenvalue weighted by Gasteiger charge is 2.31. The zero-order valence-electron chi connectivity index (χ0n) is 22.5. The lowest BCUT2D eigenvalue weighted by atomic mass is 9.97. The molecule has 210 valence electrons. The molecule has 2 heterocycles. The van der Waals surface area contributed by atoms with Gasteiger partial charge in [-0.25, -0.2) is 9.79 Å². The Balaban J connectivity index is 1.94. The van der Waals surface area contributed by atoms with Crippen molar-refractivity contribution < 1.29 is 33.4 Å². The molecule has 3 aromatic rings. The van der Waals surface area contributed by atoms with Crippen molar-refractivity contribution in [3.8, 4) is 23.0 Å². The van der Waals surface area contributed by atoms with Crippen molar-refractivity contribution in [3.05, 3.63) is 83.0 Å². The van der Waals surface area contributed by atoms with Crippen LogP contribution in [0.5, 0.6) is 23.0 Å². The van der Waals surface area contributed by atoms with Crippen LogP contribution in [0, 0.1) is 10.1 Å². The van der Waals surface area contributed by atoms with Gasteiger partial charge in [0.25, 0.3) is 5.56 Å². The van der Waals surface area contributed by atoms with Crippen LogP contribution in [0.2, 0.25) is 0 Å². The smallest absolute Gasteiger partial charge is 0.337 e. The van der Waals surface area contributed by atoms with Crippen molar-refractivity contribution >= 4 is 29.1 Å². The van der Waals surface area contributed by atoms with E-state index < -0.39 is 22.5 Å². The Labute approximate surface area is 232 Å². The summed E-state index contributed by atoms with van der Waals surface area (Å²) in [4.78, 5) is 42.3. The van der Waals surface area contributed by atoms with Crippen LogP contribution in [0.3, 0.4) is 0 Å². The van der Waals surface area contributed by atoms with Crippen LogP contribution in [0.15, 0.2) is 51.9 Å². The van der Waals surface area contributed by atoms with Gasteiger partial charge in [0.05, 0.1) is 55.6 Å². The number of rotatable bonds is 10. The first-order valence-electron chi connectivity index (χ1n) is 12.2. The van der Waals surface area contributed by atoms with Crippen molar-refractivity contribution in [1.29, 1.82) is 0 Å². The highest BCUT2D eigenvalue weighted by atomic mass is 32.1. The molecule has 0 fully saturated rings. The third-order valence-corrected chi connectivity index (χ3v) is 7.02. The molecule has 1 atom stereocenters. The average Bonchev–Trinajstić information content (AvgIpc) is 3.27. The summed E-state index contributed by atoms with van der Waals surface area (Å²) in [6.45, 7) is 4.49. The lowest BCUT2D eigenvalue weighted by Crippen LogP contribution is -2.39. The van der Waals surface area contributed by atoms with E-state index in [9.17, 15) is 19.7 Å². The summed E-state index contributed by atoms with van der Waals surface area (Å²) < 4.78 is 28.5. The number of esters is 1. The first-order chi connectivity index (χ1) is 19.3. The number of nitrogens with zero attached hydrogens (tertiary/aromatic N) is 3. The van der Waals surface area contributed by atoms with Crippen LogP contribution < -0.4 is 33.8 Å². The lowest BCUT2D eigenvalue weighted by Gasteiger charge is -2.23. The zero-order chi connectivity index (χ0) is 29.0. The summed E-state index contributed by atoms with van der Waals surface area (Å²) in [7, 11) is 3.97. The molecule has 0 saturated heterocycles. The summed E-state index contributed by atoms with van der Waals surface area (Å²) in [5.41, 5.74) is 0.264. The molecule has 0 N–H and O–H groups in total. The predicted molar refractivity (Wildman–Crippen MR) is 146 cm³/mol. The number of hydrogen-bond donors (Lipinski definition) is 0. The molecule has 0 bridgehead atoms. The number of methoxy groups -OCH3 is 3. The van der Waals surface area contributed by atoms with E-state index in [-0.39, 0.29) is 27.3 Å². The average molecular weight is 570 g/mol. The van der Waals surface area contributed by atoms with Crippen LogP contribution in [0.1, 0.15) is 31.0 Å². The molecule has 4 rings (SSSR count). The fourth-order valence-corrected chi connectivity index (χ4v) is 5.25. The second-order valence-corrected chi connectivity index (χ2v) is 9.28. The SMILES string of the molecule is CCOc1ccc([C@@H]2C(C(=O)OC)=CN=c3s/c(=C\c4cc([N+](=O)[O-])c(OC)cc4OC)c(=O)n32)cc1OCC. The number of carbonyl (C=O) groups is 1. The number of benzene rings is 2. The summed E-state index contributed by atoms with van der Waals surface area (Å²) in [5.74, 6) is 0.622. The number of fused-ring (bicyclic) bond motifs is 1. The van der Waals surface area contributed by atoms with Gasteiger partial charge in [0.15, 0.2) is 16.3 Å². The van der Waals surface area contributed by atoms with E-state index in [4.69, 9.17) is 23.7 Å². The first-order valence-corrected chi connectivity index (χ1v) is 13.0. The predicted octanol–water partition coefficient (Wildman–Crippen LogP) is 2.74. The number of carbonyl (C=O) groups excluding carboxylic acids is 1. The van der Waals surface area contributed by atoms with Crippen molar-refractivity contribution in [1.82, 2.24) is 4.57 Å². The van der Waals surface area contributed by atoms with Gasteiger partial charge < -0.3 is 23.7 Å². The molecule has 12 nitrogen and oxygen atoms in total. The largest absolute Gasteiger partial charge is 0.496 e. The van der Waals surface area contributed by atoms with Gasteiger partial charge in [-0.2, -0.15) is 0 Å². The molecule has 0 aliphatic carbocycles. The minimum Gasteiger partial charge on any atom is -0.496 e. The third-order valence-electron chi connectivity index (χ3n) is 6.02. The summed E-state index contributed by atoms with van der Waals surface area (Å²) in [6.07, 6.45) is 2.86. The van der Waals surface area contributed by atoms with E-state index in [2.05, 4.69) is 4.99 Å². The summed E-state index contributed by atoms with van der Waals surface area (Å²) in [6, 6.07) is 6.95. The molecule has 40 heavy (non-hydrogen) atoms. The normalized spacial score (nSPS) is 14.5. The van der Waals surface area contributed by atoms with Gasteiger partial charge in [0.1, 0.15) is 5.75 Å². The fourth-order valence-electron chi connectivity index (χ4n) is 4.29. The minimum absolute atomic E-state index is 0.0174. The lowest BCUT2D eigenvalue weighted by molar-refractivity contribution is -0.385. The number of nitro benzene ring substituents is 1. The highest BCUT2D eigenvalue weighted by molar-refractivity contribution is 7.07. The Morgan fingerprint density at radius 1 is 1.05 bits per heavy atom. The molecule has 0 radical (unpaired) electrons. The zero-order valence-corrected chi connectivity index (χ0v) is 23.3. The summed E-state index contributed by atoms with van der Waals surface area (Å²) >= 11 is 1.06. The highest BCUT2D eigenvalue weighted by Crippen LogP contribution is 2.36. The Bertz CT molecular complexity index is 1670. The van der Waals surface area contributed by atoms with Crippen LogP contribution in [-0.4, -0.2) is 50.0 Å². The van der Waals surface area contributed by atoms with E-state index in [1.807, 2.05) is 13.8 Å². The standard InChI is InChI=1S/C27H27N3O9S/c1-6-38-19-9-8-15(11-22(19)39-7-2)24-17(26(32)37-5)14-28-27-29(24)25(31)23(40-27)12-16-10-18(30(33)34)21(36-4)13-20(16)35-3/h8-14,24H,6-7H2,1-5H3/b23-12-/t24-/m1/s1. The molecule has 0 amide bonds. The minimum atomic E-state index is -0.882. The Morgan fingerprint density at radius 2 is 1.75 bits per heavy atom. The number of nitro groups is 1. The Hall–Kier alpha value is -4.65. The molecule has 0 unspecified atom stereocenters. The molecular formula is C27H27N3O9S. The van der Waals surface area contributed by atoms with Gasteiger partial charge >= 0.3 is 11.7 Å². The molecule has 13 heteroatoms. The molecule has 0 spiro atoms. The van der Waals surface area contributed by atoms with Crippen molar-refractivity contribution in [2.45, 2.75) is 19.9 Å². The van der Waals surface area contributed by atoms with Crippen LogP contribution >= 0.6 is 11.3 Å². The van der Waals surface area contributed by atoms with Gasteiger partial charge in [0.2, 0.25) is 5.75 Å². The molecule has 1 aliphatic rings. The van der Waals surface area contributed by atoms with Gasteiger partial charge in [-0.05, 0) is 37.6 Å². The van der Waals surface area contributed by atoms with E-state index in [1.54, 1.807) is 18.2 Å². The molecule has 0 saturated carbocycles. The third kappa shape index (κ3) is 5.27. The second kappa shape index (κ2) is 12.0. The number of hydrogen-bond acceptors (Lipinski definition) is 11. The molecule has 1 aromatic heterocycles. The van der Waals surface area contributed by atoms with Crippen molar-refractivity contribution in [3.63, 3.8) is 0 Å². The molecule has 1 aliphatic heterocycles. The Morgan fingerprint density at radius 3 is 2.38 bits per heavy atom. The quantitative estimate of drug-likeness (QED) is 0.205. The van der Waals surface area contributed by atoms with Crippen molar-refractivity contribution in [2.24, 2.45) is 4.99 Å². The van der Waals surface area contributed by atoms with Crippen LogP contribution in [0.25, 0.3) is 6.08 Å². The Kier molecular flexibility index (Phi) is 8.53. The van der Waals surface area contributed by atoms with Crippen LogP contribution in [-0.2, 0) is 9.53 Å². The van der Waals surface area contributed by atoms with E-state index in [1.165, 1.54) is 50.3 Å². The number of thiazole rings is 1. The fraction of sp³-hybridized carbons (Fsp3) is 0.296. The summed E-state index contributed by atoms with van der Waals surface area (Å²) in [5, 5.41) is 11.6. The number of aromatic nitrogens is 1. The molecular weight excluding hydrogens is 542 g/mol. The van der Waals surface area contributed by atoms with Gasteiger partial charge in [-0.3, -0.25) is 19.5 Å². The number of ether oxygens (including phenoxy) is 5. The monoisotopic (exact) mass is 569 g/mol. The second-order valence-electron chi connectivity index (χ2n) is 8.27. The van der Waals surface area contributed by atoms with Gasteiger partial charge in [-0.15, -0.1) is 0 Å². The maximum Gasteiger partial charge on any atom is 0.337 e. The van der Waals surface area contributed by atoms with E-state index in [0.717, 1.165) is 11.3 Å². The van der Waals surface area contributed by atoms with Gasteiger partial charge in [0, 0.05) is 23.9 Å². The maximum absolute atomic E-state index is 13.8. The molecule has 2 aromatic carbocycles. The van der Waals surface area contributed by atoms with Crippen LogP contribution in [0.4, 0.5) is 5.69 Å². The maximum atomic E-state index is 13.8. The van der Waals surface area contributed by atoms with Gasteiger partial charge in [-0.1, -0.05) is 17.4 Å².